The molecule has 19 heavy (non-hydrogen) atoms. The van der Waals surface area contributed by atoms with Crippen LogP contribution in [0.1, 0.15) is 32.8 Å². The molecule has 0 aliphatic rings. The second-order valence-corrected chi connectivity index (χ2v) is 4.24. The third-order valence-electron chi connectivity index (χ3n) is 2.62. The Bertz CT molecular complexity index is 423. The van der Waals surface area contributed by atoms with Gasteiger partial charge in [-0.15, -0.1) is 0 Å². The van der Waals surface area contributed by atoms with Crippen molar-refractivity contribution in [3.05, 3.63) is 11.9 Å². The first-order valence-electron chi connectivity index (χ1n) is 6.58. The first kappa shape index (κ1) is 15.2. The first-order chi connectivity index (χ1) is 9.10. The van der Waals surface area contributed by atoms with Gasteiger partial charge >= 0.3 is 5.97 Å². The molecule has 1 atom stereocenters. The van der Waals surface area contributed by atoms with Crippen molar-refractivity contribution >= 4 is 17.6 Å². The quantitative estimate of drug-likeness (QED) is 0.735. The Hall–Kier alpha value is -1.85. The number of rotatable bonds is 7. The highest BCUT2D eigenvalue weighted by Gasteiger charge is 2.16. The van der Waals surface area contributed by atoms with E-state index in [-0.39, 0.29) is 5.97 Å². The van der Waals surface area contributed by atoms with Gasteiger partial charge in [0.2, 0.25) is 0 Å². The number of carbonyl (C=O) groups is 1. The average Bonchev–Trinajstić information content (AvgIpc) is 2.40. The zero-order chi connectivity index (χ0) is 14.3. The molecule has 1 heterocycles. The second kappa shape index (κ2) is 7.56. The van der Waals surface area contributed by atoms with Crippen LogP contribution < -0.4 is 10.6 Å². The van der Waals surface area contributed by atoms with Gasteiger partial charge in [0.15, 0.2) is 0 Å². The van der Waals surface area contributed by atoms with Gasteiger partial charge < -0.3 is 15.4 Å². The van der Waals surface area contributed by atoms with Crippen molar-refractivity contribution in [3.63, 3.8) is 0 Å². The van der Waals surface area contributed by atoms with E-state index in [2.05, 4.69) is 27.5 Å². The number of anilines is 2. The van der Waals surface area contributed by atoms with Crippen LogP contribution in [0.4, 0.5) is 11.6 Å². The molecule has 106 valence electrons. The summed E-state index contributed by atoms with van der Waals surface area (Å²) in [6.07, 6.45) is 2.50. The zero-order valence-corrected chi connectivity index (χ0v) is 12.0. The van der Waals surface area contributed by atoms with Gasteiger partial charge in [-0.3, -0.25) is 0 Å². The molecule has 1 unspecified atom stereocenters. The number of ether oxygens (including phenoxy) is 1. The van der Waals surface area contributed by atoms with Gasteiger partial charge in [-0.05, 0) is 27.2 Å². The minimum atomic E-state index is -0.437. The van der Waals surface area contributed by atoms with Gasteiger partial charge in [0.25, 0.3) is 0 Å². The number of hydrogen-bond acceptors (Lipinski definition) is 6. The van der Waals surface area contributed by atoms with Crippen LogP contribution in [-0.2, 0) is 9.53 Å². The summed E-state index contributed by atoms with van der Waals surface area (Å²) in [6, 6.07) is -0.437. The van der Waals surface area contributed by atoms with Crippen molar-refractivity contribution < 1.29 is 9.53 Å². The van der Waals surface area contributed by atoms with Gasteiger partial charge in [-0.1, -0.05) is 6.92 Å². The topological polar surface area (TPSA) is 76.1 Å². The highest BCUT2D eigenvalue weighted by Crippen LogP contribution is 2.18. The molecule has 0 aliphatic heterocycles. The molecule has 2 N–H and O–H groups in total. The fourth-order valence-electron chi connectivity index (χ4n) is 1.55. The predicted molar refractivity (Wildman–Crippen MR) is 75.3 cm³/mol. The number of nitrogens with one attached hydrogen (secondary N) is 2. The molecule has 0 saturated carbocycles. The number of esters is 1. The summed E-state index contributed by atoms with van der Waals surface area (Å²) in [5.74, 6) is 1.15. The van der Waals surface area contributed by atoms with Crippen LogP contribution in [0.5, 0.6) is 0 Å². The van der Waals surface area contributed by atoms with Crippen molar-refractivity contribution in [2.45, 2.75) is 40.2 Å². The summed E-state index contributed by atoms with van der Waals surface area (Å²) >= 11 is 0. The fourth-order valence-corrected chi connectivity index (χ4v) is 1.55. The first-order valence-corrected chi connectivity index (χ1v) is 6.58. The van der Waals surface area contributed by atoms with E-state index in [1.54, 1.807) is 13.8 Å². The molecule has 0 fully saturated rings. The summed E-state index contributed by atoms with van der Waals surface area (Å²) < 4.78 is 4.95. The predicted octanol–water partition coefficient (Wildman–Crippen LogP) is 1.97. The number of hydrogen-bond donors (Lipinski definition) is 2. The Labute approximate surface area is 114 Å². The van der Waals surface area contributed by atoms with Crippen LogP contribution >= 0.6 is 0 Å². The highest BCUT2D eigenvalue weighted by atomic mass is 16.5. The molecular formula is C13H22N4O2. The lowest BCUT2D eigenvalue weighted by Crippen LogP contribution is -2.29. The molecule has 0 amide bonds. The van der Waals surface area contributed by atoms with Crippen LogP contribution in [0, 0.1) is 6.92 Å². The van der Waals surface area contributed by atoms with Crippen molar-refractivity contribution in [3.8, 4) is 0 Å². The third kappa shape index (κ3) is 4.39. The van der Waals surface area contributed by atoms with Gasteiger partial charge in [0.1, 0.15) is 24.0 Å². The van der Waals surface area contributed by atoms with Crippen molar-refractivity contribution in [2.24, 2.45) is 0 Å². The van der Waals surface area contributed by atoms with E-state index in [9.17, 15) is 4.79 Å². The Morgan fingerprint density at radius 1 is 1.37 bits per heavy atom. The summed E-state index contributed by atoms with van der Waals surface area (Å²) in [4.78, 5) is 19.9. The zero-order valence-electron chi connectivity index (χ0n) is 12.0. The largest absolute Gasteiger partial charge is 0.464 e. The Morgan fingerprint density at radius 2 is 2.05 bits per heavy atom. The molecule has 0 spiro atoms. The van der Waals surface area contributed by atoms with Gasteiger partial charge in [-0.2, -0.15) is 0 Å². The lowest BCUT2D eigenvalue weighted by molar-refractivity contribution is -0.143. The number of nitrogens with zero attached hydrogens (tertiary/aromatic N) is 2. The Kier molecular flexibility index (Phi) is 6.05. The van der Waals surface area contributed by atoms with Gasteiger partial charge in [0.05, 0.1) is 6.61 Å². The normalized spacial score (nSPS) is 11.8. The molecule has 1 aromatic rings. The molecule has 0 aliphatic carbocycles. The molecule has 6 heteroatoms. The monoisotopic (exact) mass is 266 g/mol. The smallest absolute Gasteiger partial charge is 0.328 e. The molecule has 0 saturated heterocycles. The maximum atomic E-state index is 11.6. The Balaban J connectivity index is 2.75. The molecule has 0 aromatic carbocycles. The van der Waals surface area contributed by atoms with Crippen LogP contribution in [0.2, 0.25) is 0 Å². The maximum Gasteiger partial charge on any atom is 0.328 e. The number of carbonyl (C=O) groups excluding carboxylic acids is 1. The lowest BCUT2D eigenvalue weighted by atomic mass is 10.2. The average molecular weight is 266 g/mol. The molecule has 6 nitrogen and oxygen atoms in total. The molecular weight excluding hydrogens is 244 g/mol. The summed E-state index contributed by atoms with van der Waals surface area (Å²) in [5, 5.41) is 6.27. The SMILES string of the molecule is CCCNc1ncnc(NC(C)C(=O)OCC)c1C. The van der Waals surface area contributed by atoms with Gasteiger partial charge in [-0.25, -0.2) is 14.8 Å². The van der Waals surface area contributed by atoms with Gasteiger partial charge in [0, 0.05) is 12.1 Å². The van der Waals surface area contributed by atoms with Crippen LogP contribution in [-0.4, -0.2) is 35.1 Å². The molecule has 0 bridgehead atoms. The second-order valence-electron chi connectivity index (χ2n) is 4.24. The van der Waals surface area contributed by atoms with E-state index in [1.165, 1.54) is 6.33 Å². The standard InChI is InChI=1S/C13H22N4O2/c1-5-7-14-11-9(3)12(16-8-15-11)17-10(4)13(18)19-6-2/h8,10H,5-7H2,1-4H3,(H2,14,15,16,17). The lowest BCUT2D eigenvalue weighted by Gasteiger charge is -2.16. The van der Waals surface area contributed by atoms with E-state index in [0.29, 0.717) is 12.4 Å². The van der Waals surface area contributed by atoms with Crippen LogP contribution in [0.3, 0.4) is 0 Å². The maximum absolute atomic E-state index is 11.6. The fraction of sp³-hybridized carbons (Fsp3) is 0.615. The number of aromatic nitrogens is 2. The molecule has 1 rings (SSSR count). The summed E-state index contributed by atoms with van der Waals surface area (Å²) in [6.45, 7) is 8.76. The summed E-state index contributed by atoms with van der Waals surface area (Å²) in [5.41, 5.74) is 0.895. The van der Waals surface area contributed by atoms with Crippen molar-refractivity contribution in [1.29, 1.82) is 0 Å². The van der Waals surface area contributed by atoms with Crippen LogP contribution in [0.25, 0.3) is 0 Å². The van der Waals surface area contributed by atoms with E-state index >= 15 is 0 Å². The summed E-state index contributed by atoms with van der Waals surface area (Å²) in [7, 11) is 0. The van der Waals surface area contributed by atoms with Crippen molar-refractivity contribution in [1.82, 2.24) is 9.97 Å². The van der Waals surface area contributed by atoms with Crippen LogP contribution in [0.15, 0.2) is 6.33 Å². The molecule has 1 aromatic heterocycles. The van der Waals surface area contributed by atoms with E-state index in [1.807, 2.05) is 6.92 Å². The minimum Gasteiger partial charge on any atom is -0.464 e. The van der Waals surface area contributed by atoms with E-state index < -0.39 is 6.04 Å². The van der Waals surface area contributed by atoms with E-state index in [4.69, 9.17) is 4.74 Å². The minimum absolute atomic E-state index is 0.288. The van der Waals surface area contributed by atoms with E-state index in [0.717, 1.165) is 24.3 Å². The van der Waals surface area contributed by atoms with Crippen molar-refractivity contribution in [2.75, 3.05) is 23.8 Å². The Morgan fingerprint density at radius 3 is 2.68 bits per heavy atom. The highest BCUT2D eigenvalue weighted by molar-refractivity contribution is 5.79. The molecule has 0 radical (unpaired) electrons. The third-order valence-corrected chi connectivity index (χ3v) is 2.62.